The molecule has 0 saturated heterocycles. The van der Waals surface area contributed by atoms with Gasteiger partial charge in [0.1, 0.15) is 0 Å². The summed E-state index contributed by atoms with van der Waals surface area (Å²) < 4.78 is 18.3. The van der Waals surface area contributed by atoms with Gasteiger partial charge in [-0.15, -0.1) is 0 Å². The molecule has 1 atom stereocenters. The zero-order valence-electron chi connectivity index (χ0n) is 10.6. The van der Waals surface area contributed by atoms with Crippen molar-refractivity contribution in [2.75, 3.05) is 20.7 Å². The van der Waals surface area contributed by atoms with Crippen molar-refractivity contribution >= 4 is 0 Å². The monoisotopic (exact) mass is 241 g/mol. The Labute approximate surface area is 102 Å². The number of nitrogens with one attached hydrogen (secondary N) is 1. The highest BCUT2D eigenvalue weighted by Crippen LogP contribution is 2.22. The zero-order valence-corrected chi connectivity index (χ0v) is 10.6. The second-order valence-electron chi connectivity index (χ2n) is 4.50. The van der Waals surface area contributed by atoms with E-state index in [1.165, 1.54) is 13.2 Å². The van der Waals surface area contributed by atoms with Crippen molar-refractivity contribution in [1.82, 2.24) is 5.32 Å². The minimum Gasteiger partial charge on any atom is -0.494 e. The summed E-state index contributed by atoms with van der Waals surface area (Å²) in [6, 6.07) is 4.77. The normalized spacial score (nSPS) is 14.4. The molecule has 1 aromatic carbocycles. The van der Waals surface area contributed by atoms with E-state index >= 15 is 0 Å². The molecule has 0 aliphatic rings. The molecule has 0 fully saturated rings. The molecule has 3 nitrogen and oxygen atoms in total. The van der Waals surface area contributed by atoms with Crippen LogP contribution in [0.3, 0.4) is 0 Å². The van der Waals surface area contributed by atoms with Crippen LogP contribution in [0.2, 0.25) is 0 Å². The van der Waals surface area contributed by atoms with Crippen molar-refractivity contribution in [2.45, 2.75) is 25.4 Å². The van der Waals surface area contributed by atoms with Crippen molar-refractivity contribution in [3.05, 3.63) is 29.6 Å². The van der Waals surface area contributed by atoms with Crippen molar-refractivity contribution in [3.63, 3.8) is 0 Å². The number of methoxy groups -OCH3 is 1. The number of ether oxygens (including phenoxy) is 1. The van der Waals surface area contributed by atoms with Crippen molar-refractivity contribution < 1.29 is 14.2 Å². The fraction of sp³-hybridized carbons (Fsp3) is 0.538. The first-order chi connectivity index (χ1) is 7.98. The predicted octanol–water partition coefficient (Wildman–Crippen LogP) is 1.74. The molecule has 17 heavy (non-hydrogen) atoms. The van der Waals surface area contributed by atoms with Gasteiger partial charge in [0, 0.05) is 6.42 Å². The third-order valence-corrected chi connectivity index (χ3v) is 2.71. The van der Waals surface area contributed by atoms with E-state index in [1.54, 1.807) is 19.1 Å². The van der Waals surface area contributed by atoms with E-state index in [2.05, 4.69) is 5.32 Å². The van der Waals surface area contributed by atoms with Crippen LogP contribution in [-0.2, 0) is 6.42 Å². The number of rotatable bonds is 6. The van der Waals surface area contributed by atoms with Crippen LogP contribution >= 0.6 is 0 Å². The number of hydrogen-bond donors (Lipinski definition) is 2. The molecule has 0 spiro atoms. The van der Waals surface area contributed by atoms with Gasteiger partial charge in [-0.05, 0) is 44.6 Å². The van der Waals surface area contributed by atoms with Gasteiger partial charge >= 0.3 is 0 Å². The number of hydrogen-bond acceptors (Lipinski definition) is 3. The van der Waals surface area contributed by atoms with Crippen LogP contribution in [0.4, 0.5) is 4.39 Å². The van der Waals surface area contributed by atoms with Crippen LogP contribution in [0.5, 0.6) is 5.75 Å². The summed E-state index contributed by atoms with van der Waals surface area (Å²) in [7, 11) is 3.27. The molecule has 0 aromatic heterocycles. The average Bonchev–Trinajstić information content (AvgIpc) is 2.26. The van der Waals surface area contributed by atoms with E-state index in [4.69, 9.17) is 4.74 Å². The molecule has 0 heterocycles. The lowest BCUT2D eigenvalue weighted by Crippen LogP contribution is -2.31. The Hall–Kier alpha value is -1.13. The van der Waals surface area contributed by atoms with Crippen LogP contribution in [0.15, 0.2) is 18.2 Å². The van der Waals surface area contributed by atoms with Gasteiger partial charge in [-0.25, -0.2) is 4.39 Å². The molecule has 4 heteroatoms. The maximum absolute atomic E-state index is 13.5. The summed E-state index contributed by atoms with van der Waals surface area (Å²) in [5.41, 5.74) is -0.0614. The van der Waals surface area contributed by atoms with Gasteiger partial charge in [0.05, 0.1) is 12.7 Å². The summed E-state index contributed by atoms with van der Waals surface area (Å²) in [5.74, 6) is -0.168. The molecule has 0 aliphatic carbocycles. The standard InChI is InChI=1S/C13H20FNO2/c1-13(16,6-7-15-2)9-10-4-5-12(17-3)11(14)8-10/h4-5,8,15-16H,6-7,9H2,1-3H3. The Bertz CT molecular complexity index is 366. The highest BCUT2D eigenvalue weighted by Gasteiger charge is 2.20. The quantitative estimate of drug-likeness (QED) is 0.797. The van der Waals surface area contributed by atoms with Gasteiger partial charge in [-0.3, -0.25) is 0 Å². The van der Waals surface area contributed by atoms with Crippen LogP contribution < -0.4 is 10.1 Å². The predicted molar refractivity (Wildman–Crippen MR) is 65.8 cm³/mol. The van der Waals surface area contributed by atoms with Gasteiger partial charge in [0.15, 0.2) is 11.6 Å². The lowest BCUT2D eigenvalue weighted by atomic mass is 9.93. The molecular weight excluding hydrogens is 221 g/mol. The van der Waals surface area contributed by atoms with Gasteiger partial charge in [0.25, 0.3) is 0 Å². The fourth-order valence-electron chi connectivity index (χ4n) is 1.74. The zero-order chi connectivity index (χ0) is 12.9. The summed E-state index contributed by atoms with van der Waals surface area (Å²) >= 11 is 0. The SMILES string of the molecule is CNCCC(C)(O)Cc1ccc(OC)c(F)c1. The second-order valence-corrected chi connectivity index (χ2v) is 4.50. The third kappa shape index (κ3) is 4.32. The third-order valence-electron chi connectivity index (χ3n) is 2.71. The fourth-order valence-corrected chi connectivity index (χ4v) is 1.74. The first-order valence-electron chi connectivity index (χ1n) is 5.68. The van der Waals surface area contributed by atoms with Crippen LogP contribution in [0, 0.1) is 5.82 Å². The first kappa shape index (κ1) is 13.9. The molecular formula is C13H20FNO2. The van der Waals surface area contributed by atoms with Gasteiger partial charge in [0.2, 0.25) is 0 Å². The lowest BCUT2D eigenvalue weighted by molar-refractivity contribution is 0.0520. The van der Waals surface area contributed by atoms with Crippen molar-refractivity contribution in [1.29, 1.82) is 0 Å². The summed E-state index contributed by atoms with van der Waals surface area (Å²) in [4.78, 5) is 0. The minimum absolute atomic E-state index is 0.226. The van der Waals surface area contributed by atoms with E-state index in [0.717, 1.165) is 12.1 Å². The van der Waals surface area contributed by atoms with E-state index in [-0.39, 0.29) is 5.75 Å². The summed E-state index contributed by atoms with van der Waals surface area (Å²) in [6.07, 6.45) is 1.05. The Morgan fingerprint density at radius 3 is 2.71 bits per heavy atom. The number of halogens is 1. The van der Waals surface area contributed by atoms with E-state index in [9.17, 15) is 9.50 Å². The maximum atomic E-state index is 13.5. The number of aliphatic hydroxyl groups is 1. The smallest absolute Gasteiger partial charge is 0.165 e. The summed E-state index contributed by atoms with van der Waals surface area (Å²) in [5, 5.41) is 13.1. The van der Waals surface area contributed by atoms with Gasteiger partial charge < -0.3 is 15.2 Å². The van der Waals surface area contributed by atoms with Crippen LogP contribution in [0.25, 0.3) is 0 Å². The molecule has 96 valence electrons. The Morgan fingerprint density at radius 2 is 2.18 bits per heavy atom. The largest absolute Gasteiger partial charge is 0.494 e. The number of benzene rings is 1. The van der Waals surface area contributed by atoms with Crippen molar-refractivity contribution in [2.24, 2.45) is 0 Å². The van der Waals surface area contributed by atoms with E-state index in [1.807, 2.05) is 7.05 Å². The molecule has 0 radical (unpaired) electrons. The van der Waals surface area contributed by atoms with E-state index < -0.39 is 11.4 Å². The maximum Gasteiger partial charge on any atom is 0.165 e. The highest BCUT2D eigenvalue weighted by molar-refractivity contribution is 5.30. The second kappa shape index (κ2) is 5.98. The minimum atomic E-state index is -0.829. The first-order valence-corrected chi connectivity index (χ1v) is 5.68. The summed E-state index contributed by atoms with van der Waals surface area (Å²) in [6.45, 7) is 2.48. The Morgan fingerprint density at radius 1 is 1.47 bits per heavy atom. The molecule has 2 N–H and O–H groups in total. The molecule has 0 aliphatic heterocycles. The van der Waals surface area contributed by atoms with Crippen LogP contribution in [-0.4, -0.2) is 31.4 Å². The average molecular weight is 241 g/mol. The Kier molecular flexibility index (Phi) is 4.90. The molecule has 0 bridgehead atoms. The molecule has 1 rings (SSSR count). The Balaban J connectivity index is 2.71. The lowest BCUT2D eigenvalue weighted by Gasteiger charge is -2.23. The van der Waals surface area contributed by atoms with Crippen LogP contribution in [0.1, 0.15) is 18.9 Å². The highest BCUT2D eigenvalue weighted by atomic mass is 19.1. The topological polar surface area (TPSA) is 41.5 Å². The van der Waals surface area contributed by atoms with Gasteiger partial charge in [-0.2, -0.15) is 0 Å². The van der Waals surface area contributed by atoms with Gasteiger partial charge in [-0.1, -0.05) is 6.07 Å². The molecule has 1 aromatic rings. The molecule has 0 saturated carbocycles. The molecule has 0 amide bonds. The van der Waals surface area contributed by atoms with Crippen molar-refractivity contribution in [3.8, 4) is 5.75 Å². The molecule has 1 unspecified atom stereocenters. The van der Waals surface area contributed by atoms with E-state index in [0.29, 0.717) is 12.8 Å².